The van der Waals surface area contributed by atoms with Crippen molar-refractivity contribution in [1.29, 1.82) is 0 Å². The van der Waals surface area contributed by atoms with Crippen LogP contribution in [0.25, 0.3) is 0 Å². The number of rotatable bonds is 2. The standard InChI is InChI=1S/C14H19F3N4O2/c1-9(22)20-4-5-21(13(2,3)8-20)7-11-18-10(14(15,16)17)6-12(23)19-11/h6H,4-5,7-8H2,1-3H3,(H,18,19,23). The molecule has 2 rings (SSSR count). The van der Waals surface area contributed by atoms with E-state index in [4.69, 9.17) is 0 Å². The summed E-state index contributed by atoms with van der Waals surface area (Å²) in [7, 11) is 0. The minimum atomic E-state index is -4.66. The van der Waals surface area contributed by atoms with E-state index in [1.165, 1.54) is 6.92 Å². The van der Waals surface area contributed by atoms with Gasteiger partial charge >= 0.3 is 6.18 Å². The molecule has 1 N–H and O–H groups in total. The van der Waals surface area contributed by atoms with Crippen molar-refractivity contribution in [3.05, 3.63) is 27.9 Å². The number of nitrogens with one attached hydrogen (secondary N) is 1. The van der Waals surface area contributed by atoms with E-state index in [9.17, 15) is 22.8 Å². The first-order chi connectivity index (χ1) is 10.5. The fraction of sp³-hybridized carbons (Fsp3) is 0.643. The Balaban J connectivity index is 2.21. The van der Waals surface area contributed by atoms with Crippen LogP contribution in [0.5, 0.6) is 0 Å². The maximum atomic E-state index is 12.7. The number of H-pyrrole nitrogens is 1. The van der Waals surface area contributed by atoms with Crippen molar-refractivity contribution in [2.75, 3.05) is 19.6 Å². The van der Waals surface area contributed by atoms with E-state index < -0.39 is 23.0 Å². The molecule has 1 fully saturated rings. The van der Waals surface area contributed by atoms with E-state index >= 15 is 0 Å². The number of aromatic amines is 1. The molecule has 0 radical (unpaired) electrons. The third kappa shape index (κ3) is 4.10. The molecule has 23 heavy (non-hydrogen) atoms. The number of carbonyl (C=O) groups excluding carboxylic acids is 1. The van der Waals surface area contributed by atoms with Gasteiger partial charge in [-0.2, -0.15) is 13.2 Å². The van der Waals surface area contributed by atoms with Crippen LogP contribution in [0.3, 0.4) is 0 Å². The molecule has 1 aliphatic heterocycles. The molecule has 128 valence electrons. The molecule has 6 nitrogen and oxygen atoms in total. The molecule has 0 aromatic carbocycles. The number of hydrogen-bond acceptors (Lipinski definition) is 4. The van der Waals surface area contributed by atoms with Crippen molar-refractivity contribution < 1.29 is 18.0 Å². The molecular weight excluding hydrogens is 313 g/mol. The number of halogens is 3. The number of alkyl halides is 3. The summed E-state index contributed by atoms with van der Waals surface area (Å²) in [6, 6.07) is 0.447. The summed E-state index contributed by atoms with van der Waals surface area (Å²) in [6.45, 7) is 6.80. The van der Waals surface area contributed by atoms with Crippen LogP contribution in [-0.2, 0) is 17.5 Å². The van der Waals surface area contributed by atoms with Crippen LogP contribution in [0.4, 0.5) is 13.2 Å². The summed E-state index contributed by atoms with van der Waals surface area (Å²) >= 11 is 0. The van der Waals surface area contributed by atoms with Crippen molar-refractivity contribution in [1.82, 2.24) is 19.8 Å². The molecule has 1 saturated heterocycles. The van der Waals surface area contributed by atoms with Gasteiger partial charge in [-0.05, 0) is 13.8 Å². The van der Waals surface area contributed by atoms with E-state index in [1.807, 2.05) is 18.7 Å². The fourth-order valence-corrected chi connectivity index (χ4v) is 2.66. The Kier molecular flexibility index (Phi) is 4.52. The Labute approximate surface area is 131 Å². The zero-order valence-electron chi connectivity index (χ0n) is 13.2. The van der Waals surface area contributed by atoms with E-state index in [0.717, 1.165) is 0 Å². The number of nitrogens with zero attached hydrogens (tertiary/aromatic N) is 3. The van der Waals surface area contributed by atoms with Crippen LogP contribution in [-0.4, -0.2) is 50.8 Å². The number of amides is 1. The molecule has 0 unspecified atom stereocenters. The van der Waals surface area contributed by atoms with Gasteiger partial charge in [0.2, 0.25) is 5.91 Å². The van der Waals surface area contributed by atoms with Crippen molar-refractivity contribution in [2.45, 2.75) is 39.0 Å². The van der Waals surface area contributed by atoms with Crippen LogP contribution >= 0.6 is 0 Å². The summed E-state index contributed by atoms with van der Waals surface area (Å²) in [5.74, 6) is -0.0718. The molecular formula is C14H19F3N4O2. The first-order valence-corrected chi connectivity index (χ1v) is 7.17. The van der Waals surface area contributed by atoms with Gasteiger partial charge in [-0.3, -0.25) is 14.5 Å². The Morgan fingerprint density at radius 1 is 1.39 bits per heavy atom. The van der Waals surface area contributed by atoms with E-state index in [0.29, 0.717) is 25.7 Å². The van der Waals surface area contributed by atoms with Crippen LogP contribution in [0.2, 0.25) is 0 Å². The second-order valence-electron chi connectivity index (χ2n) is 6.25. The van der Waals surface area contributed by atoms with Crippen molar-refractivity contribution >= 4 is 5.91 Å². The van der Waals surface area contributed by atoms with Gasteiger partial charge in [0.15, 0.2) is 5.69 Å². The van der Waals surface area contributed by atoms with Gasteiger partial charge in [0, 0.05) is 38.2 Å². The second-order valence-corrected chi connectivity index (χ2v) is 6.25. The molecule has 1 amide bonds. The van der Waals surface area contributed by atoms with E-state index in [2.05, 4.69) is 9.97 Å². The lowest BCUT2D eigenvalue weighted by atomic mass is 9.98. The van der Waals surface area contributed by atoms with Gasteiger partial charge in [-0.15, -0.1) is 0 Å². The smallest absolute Gasteiger partial charge is 0.340 e. The quantitative estimate of drug-likeness (QED) is 0.884. The first kappa shape index (κ1) is 17.5. The van der Waals surface area contributed by atoms with E-state index in [1.54, 1.807) is 4.90 Å². The highest BCUT2D eigenvalue weighted by Gasteiger charge is 2.36. The lowest BCUT2D eigenvalue weighted by molar-refractivity contribution is -0.141. The molecule has 1 aromatic heterocycles. The average molecular weight is 332 g/mol. The van der Waals surface area contributed by atoms with E-state index in [-0.39, 0.29) is 18.3 Å². The molecule has 0 spiro atoms. The lowest BCUT2D eigenvalue weighted by Gasteiger charge is -2.46. The summed E-state index contributed by atoms with van der Waals surface area (Å²) in [4.78, 5) is 32.4. The summed E-state index contributed by atoms with van der Waals surface area (Å²) < 4.78 is 38.2. The van der Waals surface area contributed by atoms with Gasteiger partial charge in [0.05, 0.1) is 6.54 Å². The lowest BCUT2D eigenvalue weighted by Crippen LogP contribution is -2.59. The molecule has 1 aromatic rings. The Bertz CT molecular complexity index is 654. The maximum absolute atomic E-state index is 12.7. The Hall–Kier alpha value is -1.90. The first-order valence-electron chi connectivity index (χ1n) is 7.17. The number of aromatic nitrogens is 2. The fourth-order valence-electron chi connectivity index (χ4n) is 2.66. The topological polar surface area (TPSA) is 69.3 Å². The maximum Gasteiger partial charge on any atom is 0.433 e. The normalized spacial score (nSPS) is 19.0. The minimum absolute atomic E-state index is 0.0332. The molecule has 0 bridgehead atoms. The van der Waals surface area contributed by atoms with Crippen LogP contribution in [0, 0.1) is 0 Å². The van der Waals surface area contributed by atoms with Crippen molar-refractivity contribution in [3.8, 4) is 0 Å². The molecule has 1 aliphatic rings. The monoisotopic (exact) mass is 332 g/mol. The highest BCUT2D eigenvalue weighted by atomic mass is 19.4. The highest BCUT2D eigenvalue weighted by molar-refractivity contribution is 5.73. The van der Waals surface area contributed by atoms with Gasteiger partial charge in [0.25, 0.3) is 5.56 Å². The molecule has 0 atom stereocenters. The van der Waals surface area contributed by atoms with Gasteiger partial charge < -0.3 is 9.88 Å². The minimum Gasteiger partial charge on any atom is -0.340 e. The zero-order valence-corrected chi connectivity index (χ0v) is 13.2. The SMILES string of the molecule is CC(=O)N1CCN(Cc2nc(C(F)(F)F)cc(=O)[nH]2)C(C)(C)C1. The molecule has 0 saturated carbocycles. The number of hydrogen-bond donors (Lipinski definition) is 1. The van der Waals surface area contributed by atoms with Gasteiger partial charge in [0.1, 0.15) is 5.82 Å². The van der Waals surface area contributed by atoms with Crippen LogP contribution < -0.4 is 5.56 Å². The number of carbonyl (C=O) groups is 1. The summed E-state index contributed by atoms with van der Waals surface area (Å²) in [5.41, 5.74) is -2.46. The third-order valence-corrected chi connectivity index (χ3v) is 3.94. The summed E-state index contributed by atoms with van der Waals surface area (Å²) in [6.07, 6.45) is -4.66. The molecule has 2 heterocycles. The third-order valence-electron chi connectivity index (χ3n) is 3.94. The number of piperazine rings is 1. The van der Waals surface area contributed by atoms with Crippen molar-refractivity contribution in [2.24, 2.45) is 0 Å². The molecule has 0 aliphatic carbocycles. The highest BCUT2D eigenvalue weighted by Crippen LogP contribution is 2.27. The summed E-state index contributed by atoms with van der Waals surface area (Å²) in [5, 5.41) is 0. The van der Waals surface area contributed by atoms with Crippen LogP contribution in [0.15, 0.2) is 10.9 Å². The predicted octanol–water partition coefficient (Wildman–Crippen LogP) is 1.23. The Morgan fingerprint density at radius 2 is 2.04 bits per heavy atom. The second kappa shape index (κ2) is 5.95. The van der Waals surface area contributed by atoms with Gasteiger partial charge in [-0.25, -0.2) is 4.98 Å². The average Bonchev–Trinajstić information content (AvgIpc) is 2.39. The van der Waals surface area contributed by atoms with Crippen molar-refractivity contribution in [3.63, 3.8) is 0 Å². The largest absolute Gasteiger partial charge is 0.433 e. The predicted molar refractivity (Wildman–Crippen MR) is 76.6 cm³/mol. The van der Waals surface area contributed by atoms with Crippen LogP contribution in [0.1, 0.15) is 32.3 Å². The molecule has 9 heteroatoms. The van der Waals surface area contributed by atoms with Gasteiger partial charge in [-0.1, -0.05) is 0 Å². The Morgan fingerprint density at radius 3 is 2.57 bits per heavy atom. The zero-order chi connectivity index (χ0) is 17.4.